The van der Waals surface area contributed by atoms with E-state index in [2.05, 4.69) is 0 Å². The summed E-state index contributed by atoms with van der Waals surface area (Å²) in [5.74, 6) is -1.01. The third-order valence-electron chi connectivity index (χ3n) is 3.99. The van der Waals surface area contributed by atoms with Crippen LogP contribution in [0.15, 0.2) is 47.5 Å². The summed E-state index contributed by atoms with van der Waals surface area (Å²) >= 11 is 0. The SMILES string of the molecule is Cl.O=C1/C(=C/c2ccc(O)c(O)c2)C[NH2+]C/C1=C\c1ccc(O)c(O)c1. The van der Waals surface area contributed by atoms with Crippen molar-refractivity contribution >= 4 is 30.3 Å². The lowest BCUT2D eigenvalue weighted by molar-refractivity contribution is -0.641. The Morgan fingerprint density at radius 1 is 0.731 bits per heavy atom. The Labute approximate surface area is 156 Å². The second-order valence-electron chi connectivity index (χ2n) is 5.86. The van der Waals surface area contributed by atoms with Crippen molar-refractivity contribution in [2.75, 3.05) is 13.1 Å². The first-order valence-electron chi connectivity index (χ1n) is 7.75. The number of phenolic OH excluding ortho intramolecular Hbond substituents is 4. The number of carbonyl (C=O) groups excluding carboxylic acids is 1. The zero-order chi connectivity index (χ0) is 18.0. The van der Waals surface area contributed by atoms with Crippen LogP contribution in [0.25, 0.3) is 12.2 Å². The molecule has 0 amide bonds. The summed E-state index contributed by atoms with van der Waals surface area (Å²) < 4.78 is 0. The van der Waals surface area contributed by atoms with Crippen LogP contribution in [-0.4, -0.2) is 39.3 Å². The Morgan fingerprint density at radius 3 is 1.54 bits per heavy atom. The van der Waals surface area contributed by atoms with Crippen molar-refractivity contribution in [1.82, 2.24) is 0 Å². The number of hydrogen-bond acceptors (Lipinski definition) is 5. The van der Waals surface area contributed by atoms with Gasteiger partial charge in [0.15, 0.2) is 28.8 Å². The Hall–Kier alpha value is -2.96. The van der Waals surface area contributed by atoms with Gasteiger partial charge in [0.05, 0.1) is 11.1 Å². The van der Waals surface area contributed by atoms with Crippen molar-refractivity contribution in [3.8, 4) is 23.0 Å². The second kappa shape index (κ2) is 7.95. The van der Waals surface area contributed by atoms with Crippen molar-refractivity contribution in [2.45, 2.75) is 0 Å². The zero-order valence-electron chi connectivity index (χ0n) is 13.7. The van der Waals surface area contributed by atoms with Crippen molar-refractivity contribution in [3.05, 3.63) is 58.7 Å². The molecule has 1 heterocycles. The molecule has 6 nitrogen and oxygen atoms in total. The summed E-state index contributed by atoms with van der Waals surface area (Å²) in [5, 5.41) is 39.8. The van der Waals surface area contributed by atoms with E-state index in [1.165, 1.54) is 24.3 Å². The van der Waals surface area contributed by atoms with Crippen molar-refractivity contribution in [3.63, 3.8) is 0 Å². The van der Waals surface area contributed by atoms with Gasteiger partial charge in [-0.25, -0.2) is 0 Å². The van der Waals surface area contributed by atoms with Crippen molar-refractivity contribution in [2.24, 2.45) is 0 Å². The van der Waals surface area contributed by atoms with Crippen LogP contribution >= 0.6 is 12.4 Å². The van der Waals surface area contributed by atoms with Crippen molar-refractivity contribution in [1.29, 1.82) is 0 Å². The first-order chi connectivity index (χ1) is 11.9. The van der Waals surface area contributed by atoms with Crippen LogP contribution in [0.2, 0.25) is 0 Å². The maximum absolute atomic E-state index is 12.7. The molecule has 1 fully saturated rings. The van der Waals surface area contributed by atoms with Gasteiger partial charge in [-0.1, -0.05) is 12.1 Å². The van der Waals surface area contributed by atoms with E-state index in [9.17, 15) is 25.2 Å². The van der Waals surface area contributed by atoms with Gasteiger partial charge in [-0.05, 0) is 47.5 Å². The third-order valence-corrected chi connectivity index (χ3v) is 3.99. The van der Waals surface area contributed by atoms with E-state index in [-0.39, 0.29) is 41.2 Å². The minimum atomic E-state index is -0.239. The van der Waals surface area contributed by atoms with E-state index in [0.717, 1.165) is 0 Å². The molecule has 1 aliphatic heterocycles. The highest BCUT2D eigenvalue weighted by Crippen LogP contribution is 2.28. The number of hydrogen-bond donors (Lipinski definition) is 5. The van der Waals surface area contributed by atoms with Crippen LogP contribution in [0.4, 0.5) is 0 Å². The highest BCUT2D eigenvalue weighted by Gasteiger charge is 2.23. The van der Waals surface area contributed by atoms with Gasteiger partial charge in [-0.3, -0.25) is 4.79 Å². The number of ketones is 1. The molecule has 1 aliphatic rings. The van der Waals surface area contributed by atoms with Crippen LogP contribution < -0.4 is 5.32 Å². The van der Waals surface area contributed by atoms with Gasteiger partial charge < -0.3 is 25.7 Å². The summed E-state index contributed by atoms with van der Waals surface area (Å²) in [4.78, 5) is 12.7. The number of quaternary nitrogens is 1. The topological polar surface area (TPSA) is 115 Å². The summed E-state index contributed by atoms with van der Waals surface area (Å²) in [6.45, 7) is 1.03. The fraction of sp³-hybridized carbons (Fsp3) is 0.105. The number of nitrogens with two attached hydrogens (primary N) is 1. The van der Waals surface area contributed by atoms with Gasteiger partial charge in [0.1, 0.15) is 13.1 Å². The van der Waals surface area contributed by atoms with E-state index >= 15 is 0 Å². The smallest absolute Gasteiger partial charge is 0.196 e. The molecule has 1 saturated heterocycles. The molecule has 6 N–H and O–H groups in total. The van der Waals surface area contributed by atoms with E-state index < -0.39 is 0 Å². The quantitative estimate of drug-likeness (QED) is 0.403. The monoisotopic (exact) mass is 376 g/mol. The molecule has 3 rings (SSSR count). The Kier molecular flexibility index (Phi) is 5.92. The standard InChI is InChI=1S/C19H17NO5.ClH/c21-15-3-1-11(7-17(15)23)5-13-9-20-10-14(19(13)25)6-12-2-4-16(22)18(24)8-12;/h1-8,20-24H,9-10H2;1H/p+1/b13-5+,14-6+;. The lowest BCUT2D eigenvalue weighted by Gasteiger charge is -2.15. The number of halogens is 1. The van der Waals surface area contributed by atoms with Gasteiger partial charge in [-0.2, -0.15) is 0 Å². The van der Waals surface area contributed by atoms with E-state index in [4.69, 9.17) is 0 Å². The third kappa shape index (κ3) is 4.17. The number of aromatic hydroxyl groups is 4. The molecule has 0 saturated carbocycles. The molecule has 136 valence electrons. The number of carbonyl (C=O) groups is 1. The van der Waals surface area contributed by atoms with Crippen LogP contribution in [0.3, 0.4) is 0 Å². The summed E-state index contributed by atoms with van der Waals surface area (Å²) in [7, 11) is 0. The molecule has 7 heteroatoms. The first-order valence-corrected chi connectivity index (χ1v) is 7.75. The van der Waals surface area contributed by atoms with Gasteiger partial charge in [0.25, 0.3) is 0 Å². The summed E-state index contributed by atoms with van der Waals surface area (Å²) in [6, 6.07) is 8.76. The van der Waals surface area contributed by atoms with Crippen molar-refractivity contribution < 1.29 is 30.5 Å². The average molecular weight is 377 g/mol. The highest BCUT2D eigenvalue weighted by atomic mass is 35.5. The molecule has 0 aliphatic carbocycles. The molecule has 0 atom stereocenters. The normalized spacial score (nSPS) is 17.3. The molecular formula is C19H19ClNO5+. The Balaban J connectivity index is 0.00000243. The first kappa shape index (κ1) is 19.4. The van der Waals surface area contributed by atoms with Gasteiger partial charge in [0.2, 0.25) is 0 Å². The predicted octanol–water partition coefficient (Wildman–Crippen LogP) is 1.54. The van der Waals surface area contributed by atoms with Crippen LogP contribution in [0.1, 0.15) is 11.1 Å². The number of benzene rings is 2. The molecular weight excluding hydrogens is 358 g/mol. The van der Waals surface area contributed by atoms with Gasteiger partial charge >= 0.3 is 0 Å². The number of rotatable bonds is 2. The number of phenols is 4. The largest absolute Gasteiger partial charge is 0.504 e. The van der Waals surface area contributed by atoms with E-state index in [1.54, 1.807) is 24.3 Å². The average Bonchev–Trinajstić information content (AvgIpc) is 2.58. The molecule has 0 spiro atoms. The van der Waals surface area contributed by atoms with Gasteiger partial charge in [-0.15, -0.1) is 12.4 Å². The second-order valence-corrected chi connectivity index (χ2v) is 5.86. The number of piperidine rings is 1. The van der Waals surface area contributed by atoms with Crippen LogP contribution in [0.5, 0.6) is 23.0 Å². The summed E-state index contributed by atoms with van der Waals surface area (Å²) in [6.07, 6.45) is 3.36. The lowest BCUT2D eigenvalue weighted by Crippen LogP contribution is -2.87. The maximum Gasteiger partial charge on any atom is 0.196 e. The minimum absolute atomic E-state index is 0. The number of Topliss-reactive ketones (excluding diaryl/α,β-unsaturated/α-hetero) is 1. The summed E-state index contributed by atoms with van der Waals surface area (Å²) in [5.41, 5.74) is 2.39. The molecule has 2 aromatic rings. The predicted molar refractivity (Wildman–Crippen MR) is 99.4 cm³/mol. The molecule has 0 aromatic heterocycles. The fourth-order valence-corrected chi connectivity index (χ4v) is 2.69. The van der Waals surface area contributed by atoms with Crippen LogP contribution in [-0.2, 0) is 4.79 Å². The molecule has 2 aromatic carbocycles. The molecule has 0 bridgehead atoms. The highest BCUT2D eigenvalue weighted by molar-refractivity contribution is 6.14. The lowest BCUT2D eigenvalue weighted by atomic mass is 9.95. The molecule has 26 heavy (non-hydrogen) atoms. The Morgan fingerprint density at radius 2 is 1.15 bits per heavy atom. The minimum Gasteiger partial charge on any atom is -0.504 e. The Bertz CT molecular complexity index is 833. The molecule has 0 unspecified atom stereocenters. The molecule has 0 radical (unpaired) electrons. The zero-order valence-corrected chi connectivity index (χ0v) is 14.5. The van der Waals surface area contributed by atoms with Crippen LogP contribution in [0, 0.1) is 0 Å². The van der Waals surface area contributed by atoms with E-state index in [0.29, 0.717) is 35.4 Å². The van der Waals surface area contributed by atoms with Gasteiger partial charge in [0, 0.05) is 0 Å². The fourth-order valence-electron chi connectivity index (χ4n) is 2.69. The maximum atomic E-state index is 12.7. The van der Waals surface area contributed by atoms with E-state index in [1.807, 2.05) is 5.32 Å².